The van der Waals surface area contributed by atoms with Gasteiger partial charge in [-0.15, -0.1) is 11.8 Å². The fourth-order valence-corrected chi connectivity index (χ4v) is 2.30. The first-order valence-corrected chi connectivity index (χ1v) is 6.78. The molecule has 1 aliphatic rings. The quantitative estimate of drug-likeness (QED) is 0.724. The number of carbonyl (C=O) groups is 2. The van der Waals surface area contributed by atoms with Crippen molar-refractivity contribution >= 4 is 23.6 Å². The summed E-state index contributed by atoms with van der Waals surface area (Å²) in [6.45, 7) is 7.33. The summed E-state index contributed by atoms with van der Waals surface area (Å²) in [6.07, 6.45) is 3.31. The summed E-state index contributed by atoms with van der Waals surface area (Å²) in [6, 6.07) is -0.148. The zero-order valence-corrected chi connectivity index (χ0v) is 11.8. The Bertz CT molecular complexity index is 357. The maximum absolute atomic E-state index is 12.0. The van der Waals surface area contributed by atoms with Crippen LogP contribution in [0.5, 0.6) is 0 Å². The van der Waals surface area contributed by atoms with Crippen molar-refractivity contribution in [3.63, 3.8) is 0 Å². The highest BCUT2D eigenvalue weighted by molar-refractivity contribution is 8.02. The lowest BCUT2D eigenvalue weighted by atomic mass is 10.1. The van der Waals surface area contributed by atoms with Crippen molar-refractivity contribution in [1.82, 2.24) is 4.90 Å². The molecule has 0 aliphatic carbocycles. The summed E-state index contributed by atoms with van der Waals surface area (Å²) in [5.41, 5.74) is -0.526. The van der Waals surface area contributed by atoms with E-state index in [0.717, 1.165) is 0 Å². The van der Waals surface area contributed by atoms with Gasteiger partial charge in [-0.3, -0.25) is 9.69 Å². The molecule has 96 valence electrons. The fraction of sp³-hybridized carbons (Fsp3) is 0.667. The van der Waals surface area contributed by atoms with Gasteiger partial charge in [0.1, 0.15) is 5.60 Å². The zero-order chi connectivity index (χ0) is 13.2. The van der Waals surface area contributed by atoms with Crippen LogP contribution in [-0.4, -0.2) is 34.7 Å². The predicted molar refractivity (Wildman–Crippen MR) is 68.8 cm³/mol. The van der Waals surface area contributed by atoms with Gasteiger partial charge in [-0.05, 0) is 34.0 Å². The molecule has 1 atom stereocenters. The van der Waals surface area contributed by atoms with E-state index in [-0.39, 0.29) is 11.8 Å². The lowest BCUT2D eigenvalue weighted by Gasteiger charge is -2.34. The smallest absolute Gasteiger partial charge is 0.415 e. The molecule has 0 bridgehead atoms. The normalized spacial score (nSPS) is 21.2. The maximum Gasteiger partial charge on any atom is 0.415 e. The molecular formula is C12H19NO3S. The highest BCUT2D eigenvalue weighted by atomic mass is 32.2. The average Bonchev–Trinajstić information content (AvgIpc) is 2.12. The van der Waals surface area contributed by atoms with Crippen molar-refractivity contribution in [2.75, 3.05) is 6.26 Å². The number of hydrogen-bond acceptors (Lipinski definition) is 4. The van der Waals surface area contributed by atoms with Gasteiger partial charge in [0.25, 0.3) is 0 Å². The summed E-state index contributed by atoms with van der Waals surface area (Å²) in [5.74, 6) is 0.0571. The average molecular weight is 257 g/mol. The lowest BCUT2D eigenvalue weighted by molar-refractivity contribution is -0.116. The minimum absolute atomic E-state index is 0.0571. The van der Waals surface area contributed by atoms with Crippen molar-refractivity contribution in [3.8, 4) is 0 Å². The molecule has 1 rings (SSSR count). The van der Waals surface area contributed by atoms with E-state index >= 15 is 0 Å². The molecule has 1 amide bonds. The lowest BCUT2D eigenvalue weighted by Crippen LogP contribution is -2.43. The predicted octanol–water partition coefficient (Wildman–Crippen LogP) is 2.79. The van der Waals surface area contributed by atoms with Gasteiger partial charge in [0, 0.05) is 18.5 Å². The van der Waals surface area contributed by atoms with Crippen LogP contribution in [0.2, 0.25) is 0 Å². The van der Waals surface area contributed by atoms with Crippen LogP contribution in [0.15, 0.2) is 11.1 Å². The molecule has 0 aromatic carbocycles. The van der Waals surface area contributed by atoms with E-state index in [4.69, 9.17) is 4.74 Å². The Morgan fingerprint density at radius 3 is 2.59 bits per heavy atom. The van der Waals surface area contributed by atoms with Gasteiger partial charge in [-0.2, -0.15) is 0 Å². The van der Waals surface area contributed by atoms with Crippen LogP contribution in [0.4, 0.5) is 4.79 Å². The monoisotopic (exact) mass is 257 g/mol. The standard InChI is InChI=1S/C12H19NO3S/c1-8-6-9(14)7-10(17-5)13(8)11(15)16-12(2,3)4/h7-8H,6H2,1-5H3. The molecular weight excluding hydrogens is 238 g/mol. The van der Waals surface area contributed by atoms with E-state index in [1.54, 1.807) is 4.90 Å². The molecule has 0 N–H and O–H groups in total. The minimum atomic E-state index is -0.526. The number of ketones is 1. The first kappa shape index (κ1) is 14.1. The molecule has 0 radical (unpaired) electrons. The molecule has 1 unspecified atom stereocenters. The third-order valence-electron chi connectivity index (χ3n) is 2.26. The number of carbonyl (C=O) groups excluding carboxylic acids is 2. The molecule has 0 fully saturated rings. The zero-order valence-electron chi connectivity index (χ0n) is 10.9. The number of amides is 1. The van der Waals surface area contributed by atoms with Crippen LogP contribution in [0.25, 0.3) is 0 Å². The number of hydrogen-bond donors (Lipinski definition) is 0. The van der Waals surface area contributed by atoms with Crippen molar-refractivity contribution in [2.24, 2.45) is 0 Å². The summed E-state index contributed by atoms with van der Waals surface area (Å²) in [7, 11) is 0. The summed E-state index contributed by atoms with van der Waals surface area (Å²) in [4.78, 5) is 25.0. The van der Waals surface area contributed by atoms with Gasteiger partial charge in [0.15, 0.2) is 5.78 Å². The van der Waals surface area contributed by atoms with E-state index in [2.05, 4.69) is 0 Å². The van der Waals surface area contributed by atoms with Crippen molar-refractivity contribution in [3.05, 3.63) is 11.1 Å². The highest BCUT2D eigenvalue weighted by Crippen LogP contribution is 2.28. The first-order chi connectivity index (χ1) is 7.74. The summed E-state index contributed by atoms with van der Waals surface area (Å²) < 4.78 is 5.34. The van der Waals surface area contributed by atoms with Crippen molar-refractivity contribution < 1.29 is 14.3 Å². The Morgan fingerprint density at radius 2 is 2.12 bits per heavy atom. The SMILES string of the molecule is CSC1=CC(=O)CC(C)N1C(=O)OC(C)(C)C. The van der Waals surface area contributed by atoms with Crippen LogP contribution in [-0.2, 0) is 9.53 Å². The first-order valence-electron chi connectivity index (χ1n) is 5.55. The minimum Gasteiger partial charge on any atom is -0.443 e. The Hall–Kier alpha value is -0.970. The fourth-order valence-electron chi connectivity index (χ4n) is 1.60. The number of allylic oxidation sites excluding steroid dienone is 1. The van der Waals surface area contributed by atoms with Crippen LogP contribution >= 0.6 is 11.8 Å². The Morgan fingerprint density at radius 1 is 1.53 bits per heavy atom. The van der Waals surface area contributed by atoms with Crippen molar-refractivity contribution in [2.45, 2.75) is 45.8 Å². The molecule has 0 aromatic rings. The Balaban J connectivity index is 2.90. The van der Waals surface area contributed by atoms with Gasteiger partial charge in [-0.1, -0.05) is 0 Å². The largest absolute Gasteiger partial charge is 0.443 e. The molecule has 0 saturated heterocycles. The van der Waals surface area contributed by atoms with Crippen molar-refractivity contribution in [1.29, 1.82) is 0 Å². The molecule has 4 nitrogen and oxygen atoms in total. The molecule has 1 aliphatic heterocycles. The second kappa shape index (κ2) is 5.12. The van der Waals surface area contributed by atoms with Crippen LogP contribution in [0.3, 0.4) is 0 Å². The van der Waals surface area contributed by atoms with E-state index < -0.39 is 11.7 Å². The molecule has 0 saturated carbocycles. The highest BCUT2D eigenvalue weighted by Gasteiger charge is 2.32. The van der Waals surface area contributed by atoms with Crippen LogP contribution in [0.1, 0.15) is 34.1 Å². The third kappa shape index (κ3) is 3.77. The molecule has 0 aromatic heterocycles. The topological polar surface area (TPSA) is 46.6 Å². The second-order valence-electron chi connectivity index (χ2n) is 5.06. The number of thioether (sulfide) groups is 1. The van der Waals surface area contributed by atoms with E-state index in [1.807, 2.05) is 34.0 Å². The van der Waals surface area contributed by atoms with Crippen LogP contribution < -0.4 is 0 Å². The molecule has 1 heterocycles. The second-order valence-corrected chi connectivity index (χ2v) is 5.88. The Kier molecular flexibility index (Phi) is 4.25. The maximum atomic E-state index is 12.0. The number of ether oxygens (including phenoxy) is 1. The van der Waals surface area contributed by atoms with Gasteiger partial charge < -0.3 is 4.74 Å². The van der Waals surface area contributed by atoms with Crippen LogP contribution in [0, 0.1) is 0 Å². The van der Waals surface area contributed by atoms with Gasteiger partial charge >= 0.3 is 6.09 Å². The van der Waals surface area contributed by atoms with E-state index in [1.165, 1.54) is 17.8 Å². The molecule has 0 spiro atoms. The Labute approximate surface area is 106 Å². The van der Waals surface area contributed by atoms with Gasteiger partial charge in [0.05, 0.1) is 5.03 Å². The van der Waals surface area contributed by atoms with E-state index in [0.29, 0.717) is 11.4 Å². The summed E-state index contributed by atoms with van der Waals surface area (Å²) in [5, 5.41) is 0.656. The van der Waals surface area contributed by atoms with Gasteiger partial charge in [-0.25, -0.2) is 4.79 Å². The van der Waals surface area contributed by atoms with E-state index in [9.17, 15) is 9.59 Å². The van der Waals surface area contributed by atoms with Gasteiger partial charge in [0.2, 0.25) is 0 Å². The number of nitrogens with zero attached hydrogens (tertiary/aromatic N) is 1. The molecule has 17 heavy (non-hydrogen) atoms. The summed E-state index contributed by atoms with van der Waals surface area (Å²) >= 11 is 1.38. The molecule has 5 heteroatoms. The number of rotatable bonds is 1. The third-order valence-corrected chi connectivity index (χ3v) is 2.99.